The van der Waals surface area contributed by atoms with Gasteiger partial charge in [0.25, 0.3) is 0 Å². The Morgan fingerprint density at radius 2 is 1.54 bits per heavy atom. The Bertz CT molecular complexity index is 529. The molecule has 6 N–H and O–H groups in total. The fourth-order valence-electron chi connectivity index (χ4n) is 2.21. The number of carboxylic acids is 3. The zero-order valence-electron chi connectivity index (χ0n) is 12.7. The molecule has 1 saturated heterocycles. The Morgan fingerprint density at radius 1 is 0.958 bits per heavy atom. The average Bonchev–Trinajstić information content (AvgIpc) is 2.98. The molecule has 11 nitrogen and oxygen atoms in total. The van der Waals surface area contributed by atoms with Crippen molar-refractivity contribution < 1.29 is 39.3 Å². The van der Waals surface area contributed by atoms with Gasteiger partial charge in [-0.05, 0) is 19.4 Å². The highest BCUT2D eigenvalue weighted by molar-refractivity contribution is 5.94. The first-order chi connectivity index (χ1) is 11.2. The molecule has 0 bridgehead atoms. The van der Waals surface area contributed by atoms with E-state index >= 15 is 0 Å². The second-order valence-corrected chi connectivity index (χ2v) is 5.31. The molecule has 1 fully saturated rings. The molecule has 3 atom stereocenters. The standard InChI is InChI=1S/C13H19N3O8/c17-9(18)4-7(15-11(21)6-2-1-3-14-6)12(22)16-8(13(23)24)5-10(19)20/h6-8,14H,1-5H2,(H,15,21)(H,16,22)(H,17,18)(H,19,20)(H,23,24)/t6-,7-,8-/m0/s1. The van der Waals surface area contributed by atoms with E-state index in [1.165, 1.54) is 0 Å². The van der Waals surface area contributed by atoms with Crippen LogP contribution in [0.5, 0.6) is 0 Å². The number of aliphatic carboxylic acids is 3. The van der Waals surface area contributed by atoms with Crippen LogP contribution in [0.15, 0.2) is 0 Å². The SMILES string of the molecule is O=C(O)C[C@H](NC(=O)[C@H](CC(=O)O)NC(=O)[C@@H]1CCCN1)C(=O)O. The summed E-state index contributed by atoms with van der Waals surface area (Å²) in [6.45, 7) is 0.619. The monoisotopic (exact) mass is 345 g/mol. The largest absolute Gasteiger partial charge is 0.481 e. The molecule has 1 rings (SSSR count). The number of hydrogen-bond acceptors (Lipinski definition) is 6. The van der Waals surface area contributed by atoms with E-state index in [0.29, 0.717) is 13.0 Å². The van der Waals surface area contributed by atoms with Crippen LogP contribution >= 0.6 is 0 Å². The van der Waals surface area contributed by atoms with Gasteiger partial charge in [-0.1, -0.05) is 0 Å². The Labute approximate surface area is 136 Å². The van der Waals surface area contributed by atoms with Crippen molar-refractivity contribution in [3.8, 4) is 0 Å². The van der Waals surface area contributed by atoms with Crippen LogP contribution in [0, 0.1) is 0 Å². The normalized spacial score (nSPS) is 19.1. The summed E-state index contributed by atoms with van der Waals surface area (Å²) in [5, 5.41) is 33.4. The predicted octanol–water partition coefficient (Wildman–Crippen LogP) is -2.26. The number of carboxylic acid groups (broad SMARTS) is 3. The number of hydrogen-bond donors (Lipinski definition) is 6. The van der Waals surface area contributed by atoms with Crippen LogP contribution in [0.3, 0.4) is 0 Å². The molecule has 24 heavy (non-hydrogen) atoms. The summed E-state index contributed by atoms with van der Waals surface area (Å²) in [7, 11) is 0. The third-order valence-electron chi connectivity index (χ3n) is 3.38. The maximum atomic E-state index is 12.1. The maximum absolute atomic E-state index is 12.1. The highest BCUT2D eigenvalue weighted by Gasteiger charge is 2.31. The molecule has 0 aliphatic carbocycles. The summed E-state index contributed by atoms with van der Waals surface area (Å²) < 4.78 is 0. The molecule has 2 amide bonds. The lowest BCUT2D eigenvalue weighted by Gasteiger charge is -2.21. The van der Waals surface area contributed by atoms with Crippen molar-refractivity contribution in [2.24, 2.45) is 0 Å². The van der Waals surface area contributed by atoms with Crippen LogP contribution in [0.4, 0.5) is 0 Å². The summed E-state index contributed by atoms with van der Waals surface area (Å²) in [6, 6.07) is -3.79. The van der Waals surface area contributed by atoms with E-state index in [-0.39, 0.29) is 0 Å². The van der Waals surface area contributed by atoms with E-state index < -0.39 is 60.7 Å². The fraction of sp³-hybridized carbons (Fsp3) is 0.615. The average molecular weight is 345 g/mol. The van der Waals surface area contributed by atoms with Crippen molar-refractivity contribution in [2.75, 3.05) is 6.54 Å². The third kappa shape index (κ3) is 6.20. The molecule has 11 heteroatoms. The number of amides is 2. The first kappa shape index (κ1) is 19.4. The van der Waals surface area contributed by atoms with E-state index in [0.717, 1.165) is 6.42 Å². The third-order valence-corrected chi connectivity index (χ3v) is 3.38. The Balaban J connectivity index is 2.75. The lowest BCUT2D eigenvalue weighted by molar-refractivity contribution is -0.148. The van der Waals surface area contributed by atoms with E-state index in [1.54, 1.807) is 0 Å². The quantitative estimate of drug-likeness (QED) is 0.268. The fourth-order valence-corrected chi connectivity index (χ4v) is 2.21. The molecule has 0 unspecified atom stereocenters. The maximum Gasteiger partial charge on any atom is 0.326 e. The van der Waals surface area contributed by atoms with Gasteiger partial charge in [0.15, 0.2) is 0 Å². The molecule has 0 aromatic heterocycles. The van der Waals surface area contributed by atoms with E-state index in [2.05, 4.69) is 10.6 Å². The highest BCUT2D eigenvalue weighted by Crippen LogP contribution is 2.06. The number of rotatable bonds is 9. The van der Waals surface area contributed by atoms with Crippen molar-refractivity contribution in [3.05, 3.63) is 0 Å². The molecular formula is C13H19N3O8. The van der Waals surface area contributed by atoms with E-state index in [4.69, 9.17) is 15.3 Å². The van der Waals surface area contributed by atoms with Gasteiger partial charge in [0.2, 0.25) is 11.8 Å². The van der Waals surface area contributed by atoms with Gasteiger partial charge in [-0.3, -0.25) is 19.2 Å². The minimum absolute atomic E-state index is 0.532. The van der Waals surface area contributed by atoms with Crippen molar-refractivity contribution in [1.82, 2.24) is 16.0 Å². The lowest BCUT2D eigenvalue weighted by Crippen LogP contribution is -2.55. The second kappa shape index (κ2) is 8.82. The Morgan fingerprint density at radius 3 is 2.00 bits per heavy atom. The van der Waals surface area contributed by atoms with Crippen molar-refractivity contribution in [3.63, 3.8) is 0 Å². The van der Waals surface area contributed by atoms with E-state index in [1.807, 2.05) is 5.32 Å². The summed E-state index contributed by atoms with van der Waals surface area (Å²) in [5.74, 6) is -6.04. The molecule has 1 heterocycles. The molecule has 0 aromatic rings. The van der Waals surface area contributed by atoms with Gasteiger partial charge in [-0.15, -0.1) is 0 Å². The van der Waals surface area contributed by atoms with Crippen LogP contribution in [0.1, 0.15) is 25.7 Å². The zero-order chi connectivity index (χ0) is 18.3. The van der Waals surface area contributed by atoms with Gasteiger partial charge in [0.1, 0.15) is 12.1 Å². The van der Waals surface area contributed by atoms with Crippen molar-refractivity contribution in [2.45, 2.75) is 43.8 Å². The molecule has 0 aromatic carbocycles. The van der Waals surface area contributed by atoms with Crippen LogP contribution in [0.2, 0.25) is 0 Å². The van der Waals surface area contributed by atoms with Crippen LogP contribution in [0.25, 0.3) is 0 Å². The summed E-state index contributed by atoms with van der Waals surface area (Å²) in [4.78, 5) is 56.5. The Kier molecular flexibility index (Phi) is 7.11. The molecule has 0 saturated carbocycles. The summed E-state index contributed by atoms with van der Waals surface area (Å²) in [5.41, 5.74) is 0. The number of nitrogens with one attached hydrogen (secondary N) is 3. The van der Waals surface area contributed by atoms with Crippen LogP contribution < -0.4 is 16.0 Å². The van der Waals surface area contributed by atoms with Gasteiger partial charge in [-0.25, -0.2) is 4.79 Å². The lowest BCUT2D eigenvalue weighted by atomic mass is 10.1. The predicted molar refractivity (Wildman–Crippen MR) is 77.0 cm³/mol. The molecule has 0 radical (unpaired) electrons. The molecule has 134 valence electrons. The van der Waals surface area contributed by atoms with Gasteiger partial charge >= 0.3 is 17.9 Å². The molecule has 1 aliphatic rings. The summed E-state index contributed by atoms with van der Waals surface area (Å²) >= 11 is 0. The first-order valence-electron chi connectivity index (χ1n) is 7.21. The van der Waals surface area contributed by atoms with Crippen LogP contribution in [-0.2, 0) is 24.0 Å². The second-order valence-electron chi connectivity index (χ2n) is 5.31. The first-order valence-corrected chi connectivity index (χ1v) is 7.21. The van der Waals surface area contributed by atoms with Gasteiger partial charge in [0, 0.05) is 0 Å². The van der Waals surface area contributed by atoms with Crippen LogP contribution in [-0.4, -0.2) is 69.7 Å². The van der Waals surface area contributed by atoms with Gasteiger partial charge in [-0.2, -0.15) is 0 Å². The van der Waals surface area contributed by atoms with Gasteiger partial charge in [0.05, 0.1) is 18.9 Å². The topological polar surface area (TPSA) is 182 Å². The number of carbonyl (C=O) groups is 5. The minimum Gasteiger partial charge on any atom is -0.481 e. The Hall–Kier alpha value is -2.69. The number of carbonyl (C=O) groups excluding carboxylic acids is 2. The molecule has 0 spiro atoms. The van der Waals surface area contributed by atoms with E-state index in [9.17, 15) is 24.0 Å². The molecular weight excluding hydrogens is 326 g/mol. The highest BCUT2D eigenvalue weighted by atomic mass is 16.4. The van der Waals surface area contributed by atoms with Crippen molar-refractivity contribution >= 4 is 29.7 Å². The minimum atomic E-state index is -1.73. The van der Waals surface area contributed by atoms with Gasteiger partial charge < -0.3 is 31.3 Å². The summed E-state index contributed by atoms with van der Waals surface area (Å²) in [6.07, 6.45) is -0.347. The molecule has 1 aliphatic heterocycles. The zero-order valence-corrected chi connectivity index (χ0v) is 12.7. The smallest absolute Gasteiger partial charge is 0.326 e. The van der Waals surface area contributed by atoms with Crippen molar-refractivity contribution in [1.29, 1.82) is 0 Å².